The lowest BCUT2D eigenvalue weighted by Gasteiger charge is -2.39. The quantitative estimate of drug-likeness (QED) is 0.173. The average molecular weight is 713 g/mol. The van der Waals surface area contributed by atoms with Crippen molar-refractivity contribution in [1.82, 2.24) is 15.0 Å². The fraction of sp³-hybridized carbons (Fsp3) is 0.485. The van der Waals surface area contributed by atoms with Crippen LogP contribution in [0.5, 0.6) is 5.88 Å². The summed E-state index contributed by atoms with van der Waals surface area (Å²) in [5.74, 6) is -0.291. The normalized spacial score (nSPS) is 16.4. The number of alkyl halides is 6. The zero-order valence-corrected chi connectivity index (χ0v) is 28.5. The number of aromatic nitrogens is 3. The molecule has 50 heavy (non-hydrogen) atoms. The van der Waals surface area contributed by atoms with Crippen LogP contribution in [-0.4, -0.2) is 68.0 Å². The second-order valence-electron chi connectivity index (χ2n) is 12.6. The number of anilines is 3. The minimum absolute atomic E-state index is 0.0277. The lowest BCUT2D eigenvalue weighted by molar-refractivity contribution is -0.152. The van der Waals surface area contributed by atoms with E-state index >= 15 is 0 Å². The molecule has 1 amide bonds. The largest absolute Gasteiger partial charge is 0.481 e. The van der Waals surface area contributed by atoms with Crippen molar-refractivity contribution in [3.05, 3.63) is 64.6 Å². The highest BCUT2D eigenvalue weighted by Crippen LogP contribution is 2.41. The van der Waals surface area contributed by atoms with E-state index < -0.39 is 53.0 Å². The molecule has 3 aromatic rings. The molecule has 0 unspecified atom stereocenters. The Kier molecular flexibility index (Phi) is 11.1. The Balaban J connectivity index is 1.71. The maximum Gasteiger partial charge on any atom is 0.416 e. The van der Waals surface area contributed by atoms with Gasteiger partial charge in [0.25, 0.3) is 0 Å². The van der Waals surface area contributed by atoms with Gasteiger partial charge in [-0.15, -0.1) is 0 Å². The van der Waals surface area contributed by atoms with E-state index in [1.165, 1.54) is 25.3 Å². The van der Waals surface area contributed by atoms with Crippen LogP contribution >= 0.6 is 0 Å². The average Bonchev–Trinajstić information content (AvgIpc) is 3.05. The molecule has 4 rings (SSSR count). The lowest BCUT2D eigenvalue weighted by atomic mass is 9.93. The predicted octanol–water partition coefficient (Wildman–Crippen LogP) is 7.05. The highest BCUT2D eigenvalue weighted by molar-refractivity contribution is 5.90. The van der Waals surface area contributed by atoms with Crippen LogP contribution in [-0.2, 0) is 33.0 Å². The number of carbonyl (C=O) groups excluding carboxylic acids is 2. The van der Waals surface area contributed by atoms with E-state index in [0.717, 1.165) is 0 Å². The molecule has 1 aliphatic rings. The van der Waals surface area contributed by atoms with Crippen LogP contribution in [0.1, 0.15) is 67.7 Å². The first-order valence-corrected chi connectivity index (χ1v) is 15.5. The third-order valence-electron chi connectivity index (χ3n) is 8.16. The lowest BCUT2D eigenvalue weighted by Crippen LogP contribution is -2.47. The first-order chi connectivity index (χ1) is 23.3. The molecule has 11 nitrogen and oxygen atoms in total. The van der Waals surface area contributed by atoms with Crippen LogP contribution in [0.25, 0.3) is 0 Å². The summed E-state index contributed by atoms with van der Waals surface area (Å²) in [6, 6.07) is 3.56. The third-order valence-corrected chi connectivity index (χ3v) is 8.16. The molecule has 17 heteroatoms. The van der Waals surface area contributed by atoms with Gasteiger partial charge in [-0.25, -0.2) is 19.7 Å². The van der Waals surface area contributed by atoms with Crippen LogP contribution in [0.2, 0.25) is 0 Å². The van der Waals surface area contributed by atoms with Gasteiger partial charge in [-0.2, -0.15) is 26.3 Å². The van der Waals surface area contributed by atoms with Crippen molar-refractivity contribution in [3.8, 4) is 5.88 Å². The van der Waals surface area contributed by atoms with Gasteiger partial charge in [0.05, 0.1) is 65.8 Å². The van der Waals surface area contributed by atoms with E-state index in [-0.39, 0.29) is 48.6 Å². The SMILES string of the molecule is CC[C@@H]1C[C@H](Nc2ncc(N(C)C)c(Cc3cc(C(F)(F)F)cc(C(F)(F)F)c3)n2)c2nc(OC)ccc2N1C(=O)OCC(C)(C)C(=O)OC. The molecular weight excluding hydrogens is 674 g/mol. The van der Waals surface area contributed by atoms with Crippen molar-refractivity contribution >= 4 is 29.4 Å². The summed E-state index contributed by atoms with van der Waals surface area (Å²) < 4.78 is 97.2. The van der Waals surface area contributed by atoms with Gasteiger partial charge in [-0.1, -0.05) is 6.92 Å². The molecule has 272 valence electrons. The number of nitrogens with zero attached hydrogens (tertiary/aromatic N) is 5. The molecular formula is C33H38F6N6O5. The number of fused-ring (bicyclic) bond motifs is 1. The zero-order chi connectivity index (χ0) is 37.2. The van der Waals surface area contributed by atoms with Crippen molar-refractivity contribution in [2.75, 3.05) is 50.0 Å². The number of amides is 1. The molecule has 0 bridgehead atoms. The van der Waals surface area contributed by atoms with E-state index in [4.69, 9.17) is 14.2 Å². The van der Waals surface area contributed by atoms with Crippen molar-refractivity contribution in [2.24, 2.45) is 5.41 Å². The first kappa shape index (κ1) is 38.0. The summed E-state index contributed by atoms with van der Waals surface area (Å²) in [6.07, 6.45) is -8.94. The molecule has 1 N–H and O–H groups in total. The number of benzene rings is 1. The standard InChI is InChI=1S/C33H38F6N6O5/c1-8-21-15-23(27-24(9-10-26(43-27)48-6)45(21)30(47)50-17-31(2,3)28(46)49-7)42-29-40-16-25(44(4)5)22(41-29)13-18-11-19(32(34,35)36)14-20(12-18)33(37,38)39/h9-12,14,16,21,23H,8,13,15,17H2,1-7H3,(H,40,41,42)/t21-,23+/m1/s1. The maximum atomic E-state index is 13.6. The summed E-state index contributed by atoms with van der Waals surface area (Å²) in [5, 5.41) is 3.20. The summed E-state index contributed by atoms with van der Waals surface area (Å²) in [7, 11) is 5.94. The Labute approximate surface area is 284 Å². The van der Waals surface area contributed by atoms with E-state index in [9.17, 15) is 35.9 Å². The van der Waals surface area contributed by atoms with Gasteiger partial charge < -0.3 is 24.4 Å². The minimum Gasteiger partial charge on any atom is -0.481 e. The van der Waals surface area contributed by atoms with Gasteiger partial charge in [-0.05, 0) is 56.5 Å². The van der Waals surface area contributed by atoms with Crippen LogP contribution in [0, 0.1) is 5.41 Å². The van der Waals surface area contributed by atoms with E-state index in [0.29, 0.717) is 35.6 Å². The third kappa shape index (κ3) is 8.48. The fourth-order valence-corrected chi connectivity index (χ4v) is 5.53. The van der Waals surface area contributed by atoms with Gasteiger partial charge in [0.15, 0.2) is 0 Å². The molecule has 3 heterocycles. The highest BCUT2D eigenvalue weighted by Gasteiger charge is 2.40. The monoisotopic (exact) mass is 712 g/mol. The molecule has 1 aliphatic heterocycles. The zero-order valence-electron chi connectivity index (χ0n) is 28.5. The topological polar surface area (TPSA) is 119 Å². The van der Waals surface area contributed by atoms with Crippen molar-refractivity contribution in [1.29, 1.82) is 0 Å². The van der Waals surface area contributed by atoms with Gasteiger partial charge >= 0.3 is 24.4 Å². The maximum absolute atomic E-state index is 13.6. The number of hydrogen-bond acceptors (Lipinski definition) is 10. The molecule has 1 aromatic carbocycles. The second-order valence-corrected chi connectivity index (χ2v) is 12.6. The van der Waals surface area contributed by atoms with Crippen molar-refractivity contribution < 1.29 is 50.1 Å². The number of hydrogen-bond donors (Lipinski definition) is 1. The van der Waals surface area contributed by atoms with Crippen LogP contribution < -0.4 is 19.9 Å². The van der Waals surface area contributed by atoms with Gasteiger partial charge in [0.1, 0.15) is 6.61 Å². The predicted molar refractivity (Wildman–Crippen MR) is 171 cm³/mol. The van der Waals surface area contributed by atoms with E-state index in [2.05, 4.69) is 20.3 Å². The number of carbonyl (C=O) groups is 2. The molecule has 0 spiro atoms. The van der Waals surface area contributed by atoms with E-state index in [1.807, 2.05) is 6.92 Å². The smallest absolute Gasteiger partial charge is 0.416 e. The fourth-order valence-electron chi connectivity index (χ4n) is 5.53. The number of esters is 1. The number of rotatable bonds is 10. The molecule has 0 saturated heterocycles. The first-order valence-electron chi connectivity index (χ1n) is 15.5. The number of halogens is 6. The number of methoxy groups -OCH3 is 2. The molecule has 0 aliphatic carbocycles. The van der Waals surface area contributed by atoms with Crippen molar-refractivity contribution in [2.45, 2.75) is 64.5 Å². The van der Waals surface area contributed by atoms with Crippen LogP contribution in [0.15, 0.2) is 36.5 Å². The Bertz CT molecular complexity index is 1680. The van der Waals surface area contributed by atoms with Crippen molar-refractivity contribution in [3.63, 3.8) is 0 Å². The molecule has 0 saturated carbocycles. The Morgan fingerprint density at radius 1 is 1.00 bits per heavy atom. The Morgan fingerprint density at radius 2 is 1.64 bits per heavy atom. The van der Waals surface area contributed by atoms with Crippen LogP contribution in [0.3, 0.4) is 0 Å². The summed E-state index contributed by atoms with van der Waals surface area (Å²) in [5.41, 5.74) is -2.91. The van der Waals surface area contributed by atoms with Gasteiger partial charge in [0, 0.05) is 32.6 Å². The number of pyridine rings is 1. The van der Waals surface area contributed by atoms with Gasteiger partial charge in [-0.3, -0.25) is 9.69 Å². The molecule has 2 aromatic heterocycles. The molecule has 2 atom stereocenters. The van der Waals surface area contributed by atoms with E-state index in [1.54, 1.807) is 45.0 Å². The second kappa shape index (κ2) is 14.6. The Hall–Kier alpha value is -4.83. The van der Waals surface area contributed by atoms with Crippen LogP contribution in [0.4, 0.5) is 48.5 Å². The number of nitrogens with one attached hydrogen (secondary N) is 1. The molecule has 0 fully saturated rings. The minimum atomic E-state index is -5.01. The van der Waals surface area contributed by atoms with Gasteiger partial charge in [0.2, 0.25) is 11.8 Å². The summed E-state index contributed by atoms with van der Waals surface area (Å²) in [4.78, 5) is 42.2. The summed E-state index contributed by atoms with van der Waals surface area (Å²) >= 11 is 0. The highest BCUT2D eigenvalue weighted by atomic mass is 19.4. The summed E-state index contributed by atoms with van der Waals surface area (Å²) in [6.45, 7) is 4.78. The Morgan fingerprint density at radius 3 is 2.18 bits per heavy atom. The molecule has 0 radical (unpaired) electrons. The number of ether oxygens (including phenoxy) is 3.